The first-order valence-electron chi connectivity index (χ1n) is 25.7. The Labute approximate surface area is 363 Å². The zero-order chi connectivity index (χ0) is 42.4. The SMILES string of the molecule is CCCCCCCCC(CCCCCCCC)OC(=O)CCCCCN(CCCCO)CCCCCC(=O)OC1CCC2(C)C(=CCC3C2CCC2(C)C(O)CCC32)C1. The van der Waals surface area contributed by atoms with Crippen LogP contribution in [0.2, 0.25) is 0 Å². The number of allylic oxidation sites excluding steroid dienone is 1. The molecule has 0 amide bonds. The van der Waals surface area contributed by atoms with Gasteiger partial charge >= 0.3 is 11.9 Å². The molecule has 7 atom stereocenters. The van der Waals surface area contributed by atoms with E-state index in [2.05, 4.69) is 38.7 Å². The van der Waals surface area contributed by atoms with Gasteiger partial charge in [-0.15, -0.1) is 0 Å². The van der Waals surface area contributed by atoms with Gasteiger partial charge in [-0.05, 0) is 157 Å². The van der Waals surface area contributed by atoms with E-state index in [0.717, 1.165) is 122 Å². The number of carbonyl (C=O) groups is 2. The largest absolute Gasteiger partial charge is 0.462 e. The van der Waals surface area contributed by atoms with Gasteiger partial charge in [-0.2, -0.15) is 0 Å². The number of nitrogens with zero attached hydrogens (tertiary/aromatic N) is 1. The topological polar surface area (TPSA) is 96.3 Å². The number of rotatable bonds is 32. The summed E-state index contributed by atoms with van der Waals surface area (Å²) in [6, 6.07) is 0. The number of carbonyl (C=O) groups excluding carboxylic acids is 2. The van der Waals surface area contributed by atoms with Crippen molar-refractivity contribution in [2.75, 3.05) is 26.2 Å². The highest BCUT2D eigenvalue weighted by atomic mass is 16.5. The number of hydrogen-bond donors (Lipinski definition) is 2. The van der Waals surface area contributed by atoms with Crippen LogP contribution >= 0.6 is 0 Å². The number of unbranched alkanes of at least 4 members (excludes halogenated alkanes) is 15. The number of ether oxygens (including phenoxy) is 2. The molecule has 0 radical (unpaired) electrons. The molecule has 0 heterocycles. The molecule has 3 fully saturated rings. The number of aliphatic hydroxyl groups excluding tert-OH is 2. The number of aliphatic hydroxyl groups is 2. The fourth-order valence-corrected chi connectivity index (χ4v) is 12.1. The van der Waals surface area contributed by atoms with Crippen LogP contribution in [0.4, 0.5) is 0 Å². The summed E-state index contributed by atoms with van der Waals surface area (Å²) in [4.78, 5) is 28.4. The van der Waals surface area contributed by atoms with Gasteiger partial charge in [0.05, 0.1) is 6.10 Å². The fraction of sp³-hybridized carbons (Fsp3) is 0.923. The number of hydrogen-bond acceptors (Lipinski definition) is 7. The summed E-state index contributed by atoms with van der Waals surface area (Å²) in [7, 11) is 0. The van der Waals surface area contributed by atoms with E-state index in [4.69, 9.17) is 9.47 Å². The lowest BCUT2D eigenvalue weighted by atomic mass is 9.48. The van der Waals surface area contributed by atoms with Gasteiger partial charge in [-0.3, -0.25) is 9.59 Å². The molecule has 0 bridgehead atoms. The molecule has 7 heteroatoms. The van der Waals surface area contributed by atoms with Crippen molar-refractivity contribution in [2.24, 2.45) is 28.6 Å². The van der Waals surface area contributed by atoms with Gasteiger partial charge in [0, 0.05) is 25.9 Å². The Morgan fingerprint density at radius 2 is 1.27 bits per heavy atom. The predicted molar refractivity (Wildman–Crippen MR) is 243 cm³/mol. The van der Waals surface area contributed by atoms with E-state index >= 15 is 0 Å². The molecule has 0 aromatic carbocycles. The molecule has 59 heavy (non-hydrogen) atoms. The van der Waals surface area contributed by atoms with E-state index in [1.165, 1.54) is 95.5 Å². The molecule has 4 aliphatic carbocycles. The van der Waals surface area contributed by atoms with E-state index in [1.54, 1.807) is 0 Å². The third-order valence-electron chi connectivity index (χ3n) is 16.0. The van der Waals surface area contributed by atoms with Crippen LogP contribution < -0.4 is 0 Å². The molecule has 0 saturated heterocycles. The van der Waals surface area contributed by atoms with Crippen LogP contribution in [0.5, 0.6) is 0 Å². The van der Waals surface area contributed by atoms with Gasteiger partial charge in [-0.1, -0.05) is 116 Å². The molecule has 2 N–H and O–H groups in total. The number of esters is 2. The third kappa shape index (κ3) is 16.3. The highest BCUT2D eigenvalue weighted by Crippen LogP contribution is 2.65. The predicted octanol–water partition coefficient (Wildman–Crippen LogP) is 12.8. The van der Waals surface area contributed by atoms with Crippen LogP contribution in [-0.4, -0.2) is 71.6 Å². The second kappa shape index (κ2) is 27.6. The van der Waals surface area contributed by atoms with Gasteiger partial charge in [0.1, 0.15) is 12.2 Å². The molecule has 4 rings (SSSR count). The van der Waals surface area contributed by atoms with Crippen LogP contribution in [0.25, 0.3) is 0 Å². The summed E-state index contributed by atoms with van der Waals surface area (Å²) in [6.45, 7) is 12.6. The summed E-state index contributed by atoms with van der Waals surface area (Å²) in [5.41, 5.74) is 1.87. The van der Waals surface area contributed by atoms with Crippen LogP contribution in [0.15, 0.2) is 11.6 Å². The summed E-state index contributed by atoms with van der Waals surface area (Å²) in [6.07, 6.45) is 37.2. The summed E-state index contributed by atoms with van der Waals surface area (Å²) in [5.74, 6) is 2.00. The van der Waals surface area contributed by atoms with Crippen molar-refractivity contribution in [3.63, 3.8) is 0 Å². The van der Waals surface area contributed by atoms with Crippen molar-refractivity contribution in [3.8, 4) is 0 Å². The van der Waals surface area contributed by atoms with Crippen molar-refractivity contribution in [1.82, 2.24) is 4.90 Å². The molecule has 0 aromatic heterocycles. The lowest BCUT2D eigenvalue weighted by Crippen LogP contribution is -2.51. The maximum Gasteiger partial charge on any atom is 0.306 e. The van der Waals surface area contributed by atoms with Gasteiger partial charge in [0.2, 0.25) is 0 Å². The zero-order valence-corrected chi connectivity index (χ0v) is 39.0. The van der Waals surface area contributed by atoms with Crippen molar-refractivity contribution in [2.45, 2.75) is 251 Å². The first-order valence-corrected chi connectivity index (χ1v) is 25.7. The van der Waals surface area contributed by atoms with Crippen LogP contribution in [0.3, 0.4) is 0 Å². The average molecular weight is 828 g/mol. The third-order valence-corrected chi connectivity index (χ3v) is 16.0. The smallest absolute Gasteiger partial charge is 0.306 e. The molecule has 7 nitrogen and oxygen atoms in total. The van der Waals surface area contributed by atoms with Gasteiger partial charge in [0.15, 0.2) is 0 Å². The molecule has 7 unspecified atom stereocenters. The lowest BCUT2D eigenvalue weighted by molar-refractivity contribution is -0.152. The second-order valence-corrected chi connectivity index (χ2v) is 20.4. The zero-order valence-electron chi connectivity index (χ0n) is 39.0. The van der Waals surface area contributed by atoms with Crippen LogP contribution in [-0.2, 0) is 19.1 Å². The highest BCUT2D eigenvalue weighted by molar-refractivity contribution is 5.69. The molecule has 4 aliphatic rings. The lowest BCUT2D eigenvalue weighted by Gasteiger charge is -2.57. The Hall–Kier alpha value is -1.44. The molecule has 3 saturated carbocycles. The van der Waals surface area contributed by atoms with E-state index < -0.39 is 0 Å². The van der Waals surface area contributed by atoms with E-state index in [0.29, 0.717) is 30.6 Å². The van der Waals surface area contributed by atoms with Crippen molar-refractivity contribution < 1.29 is 29.3 Å². The molecular weight excluding hydrogens is 735 g/mol. The maximum atomic E-state index is 13.0. The van der Waals surface area contributed by atoms with Gasteiger partial charge < -0.3 is 24.6 Å². The Bertz CT molecular complexity index is 1190. The quantitative estimate of drug-likeness (QED) is 0.0396. The minimum atomic E-state index is -0.130. The number of fused-ring (bicyclic) bond motifs is 5. The van der Waals surface area contributed by atoms with Crippen molar-refractivity contribution >= 4 is 11.9 Å². The Morgan fingerprint density at radius 1 is 0.695 bits per heavy atom. The highest BCUT2D eigenvalue weighted by Gasteiger charge is 2.58. The monoisotopic (exact) mass is 828 g/mol. The van der Waals surface area contributed by atoms with Crippen LogP contribution in [0, 0.1) is 28.6 Å². The van der Waals surface area contributed by atoms with Gasteiger partial charge in [-0.25, -0.2) is 0 Å². The van der Waals surface area contributed by atoms with E-state index in [1.807, 2.05) is 0 Å². The minimum Gasteiger partial charge on any atom is -0.462 e. The average Bonchev–Trinajstić information content (AvgIpc) is 3.53. The van der Waals surface area contributed by atoms with Crippen molar-refractivity contribution in [1.29, 1.82) is 0 Å². The molecule has 0 aromatic rings. The van der Waals surface area contributed by atoms with E-state index in [-0.39, 0.29) is 47.7 Å². The molecule has 342 valence electrons. The van der Waals surface area contributed by atoms with E-state index in [9.17, 15) is 19.8 Å². The Kier molecular flexibility index (Phi) is 23.5. The van der Waals surface area contributed by atoms with Crippen LogP contribution in [0.1, 0.15) is 233 Å². The van der Waals surface area contributed by atoms with Gasteiger partial charge in [0.25, 0.3) is 0 Å². The maximum absolute atomic E-state index is 13.0. The summed E-state index contributed by atoms with van der Waals surface area (Å²) >= 11 is 0. The fourth-order valence-electron chi connectivity index (χ4n) is 12.1. The standard InChI is InChI=1S/C52H93NO6/c1-5-7-9-11-13-17-25-43(26-18-14-12-10-8-6-2)58-49(56)27-19-15-21-37-53(39-23-24-40-54)38-22-16-20-28-50(57)59-44-33-35-51(3)42(41-44)29-30-45-46-31-32-48(55)52(46,4)36-34-47(45)51/h29,43-48,54-55H,5-28,30-41H2,1-4H3. The molecular formula is C52H93NO6. The second-order valence-electron chi connectivity index (χ2n) is 20.4. The summed E-state index contributed by atoms with van der Waals surface area (Å²) < 4.78 is 12.2. The normalized spacial score (nSPS) is 27.7. The first kappa shape index (κ1) is 50.2. The Balaban J connectivity index is 1.09. The first-order chi connectivity index (χ1) is 28.6. The van der Waals surface area contributed by atoms with Crippen molar-refractivity contribution in [3.05, 3.63) is 11.6 Å². The molecule has 0 spiro atoms. The Morgan fingerprint density at radius 3 is 1.90 bits per heavy atom. The molecule has 0 aliphatic heterocycles. The minimum absolute atomic E-state index is 0.00512. The summed E-state index contributed by atoms with van der Waals surface area (Å²) in [5, 5.41) is 20.2.